The van der Waals surface area contributed by atoms with Crippen LogP contribution in [-0.4, -0.2) is 50.5 Å². The number of halogens is 1. The third kappa shape index (κ3) is 6.99. The smallest absolute Gasteiger partial charge is 0.220 e. The van der Waals surface area contributed by atoms with Crippen LogP contribution in [0.5, 0.6) is 0 Å². The topological polar surface area (TPSA) is 56.7 Å². The van der Waals surface area contributed by atoms with Crippen LogP contribution in [0.1, 0.15) is 51.4 Å². The Balaban J connectivity index is 0.00000288. The van der Waals surface area contributed by atoms with E-state index >= 15 is 0 Å². The third-order valence-electron chi connectivity index (χ3n) is 4.99. The molecule has 0 atom stereocenters. The first kappa shape index (κ1) is 21.3. The van der Waals surface area contributed by atoms with Gasteiger partial charge >= 0.3 is 0 Å². The number of piperidine rings is 1. The molecule has 0 aromatic heterocycles. The van der Waals surface area contributed by atoms with Gasteiger partial charge in [0.25, 0.3) is 0 Å². The largest absolute Gasteiger partial charge is 0.359 e. The van der Waals surface area contributed by atoms with Crippen LogP contribution in [0.4, 0.5) is 0 Å². The van der Waals surface area contributed by atoms with Crippen molar-refractivity contribution in [3.8, 4) is 0 Å². The van der Waals surface area contributed by atoms with Crippen molar-refractivity contribution in [2.45, 2.75) is 51.4 Å². The minimum atomic E-state index is 0. The molecule has 138 valence electrons. The predicted molar refractivity (Wildman–Crippen MR) is 111 cm³/mol. The normalized spacial score (nSPS) is 19.3. The molecule has 0 unspecified atom stereocenters. The van der Waals surface area contributed by atoms with E-state index in [0.717, 1.165) is 44.9 Å². The van der Waals surface area contributed by atoms with E-state index in [1.165, 1.54) is 25.7 Å². The van der Waals surface area contributed by atoms with Crippen molar-refractivity contribution in [2.24, 2.45) is 10.9 Å². The van der Waals surface area contributed by atoms with E-state index in [4.69, 9.17) is 0 Å². The summed E-state index contributed by atoms with van der Waals surface area (Å²) in [5, 5.41) is 6.23. The van der Waals surface area contributed by atoms with Gasteiger partial charge in [-0.2, -0.15) is 0 Å². The molecule has 1 heterocycles. The maximum absolute atomic E-state index is 11.5. The van der Waals surface area contributed by atoms with Crippen LogP contribution in [0.2, 0.25) is 0 Å². The summed E-state index contributed by atoms with van der Waals surface area (Å²) in [6, 6.07) is 0. The average Bonchev–Trinajstić information content (AvgIpc) is 2.60. The molecule has 1 fully saturated rings. The highest BCUT2D eigenvalue weighted by molar-refractivity contribution is 14.0. The molecule has 24 heavy (non-hydrogen) atoms. The second-order valence-electron chi connectivity index (χ2n) is 6.64. The molecule has 0 spiro atoms. The fraction of sp³-hybridized carbons (Fsp3) is 0.778. The number of rotatable bonds is 5. The highest BCUT2D eigenvalue weighted by atomic mass is 127. The molecule has 0 radical (unpaired) electrons. The van der Waals surface area contributed by atoms with Crippen LogP contribution in [0.15, 0.2) is 16.6 Å². The Kier molecular flexibility index (Phi) is 10.4. The quantitative estimate of drug-likeness (QED) is 0.294. The summed E-state index contributed by atoms with van der Waals surface area (Å²) in [6.45, 7) is 2.95. The van der Waals surface area contributed by atoms with Gasteiger partial charge in [0.15, 0.2) is 5.96 Å². The molecular weight excluding hydrogens is 415 g/mol. The summed E-state index contributed by atoms with van der Waals surface area (Å²) in [7, 11) is 3.57. The minimum Gasteiger partial charge on any atom is -0.359 e. The molecule has 5 nitrogen and oxygen atoms in total. The molecular formula is C18H33IN4O. The zero-order valence-electron chi connectivity index (χ0n) is 15.1. The molecule has 0 saturated carbocycles. The van der Waals surface area contributed by atoms with Gasteiger partial charge in [0, 0.05) is 40.2 Å². The van der Waals surface area contributed by atoms with Crippen molar-refractivity contribution < 1.29 is 4.79 Å². The van der Waals surface area contributed by atoms with E-state index in [0.29, 0.717) is 12.3 Å². The Labute approximate surface area is 163 Å². The predicted octanol–water partition coefficient (Wildman–Crippen LogP) is 2.92. The summed E-state index contributed by atoms with van der Waals surface area (Å²) in [5.74, 6) is 1.68. The Morgan fingerprint density at radius 1 is 1.33 bits per heavy atom. The zero-order valence-corrected chi connectivity index (χ0v) is 17.5. The first-order valence-corrected chi connectivity index (χ1v) is 9.07. The Bertz CT molecular complexity index is 442. The number of nitrogens with zero attached hydrogens (tertiary/aromatic N) is 2. The molecule has 2 aliphatic rings. The van der Waals surface area contributed by atoms with Crippen LogP contribution in [0.3, 0.4) is 0 Å². The van der Waals surface area contributed by atoms with Crippen molar-refractivity contribution in [3.63, 3.8) is 0 Å². The van der Waals surface area contributed by atoms with Crippen LogP contribution < -0.4 is 10.6 Å². The van der Waals surface area contributed by atoms with Gasteiger partial charge in [-0.05, 0) is 50.9 Å². The van der Waals surface area contributed by atoms with Gasteiger partial charge in [0.2, 0.25) is 5.91 Å². The van der Waals surface area contributed by atoms with E-state index in [1.54, 1.807) is 12.6 Å². The average molecular weight is 448 g/mol. The lowest BCUT2D eigenvalue weighted by atomic mass is 9.93. The van der Waals surface area contributed by atoms with Crippen LogP contribution in [0.25, 0.3) is 0 Å². The number of aliphatic imine (C=N–C) groups is 1. The highest BCUT2D eigenvalue weighted by Gasteiger charge is 2.22. The Hall–Kier alpha value is -0.790. The highest BCUT2D eigenvalue weighted by Crippen LogP contribution is 2.21. The lowest BCUT2D eigenvalue weighted by molar-refractivity contribution is -0.121. The van der Waals surface area contributed by atoms with E-state index < -0.39 is 0 Å². The summed E-state index contributed by atoms with van der Waals surface area (Å²) in [6.07, 6.45) is 11.6. The maximum atomic E-state index is 11.5. The molecule has 1 aliphatic heterocycles. The lowest BCUT2D eigenvalue weighted by Gasteiger charge is -2.34. The number of carbonyl (C=O) groups is 1. The lowest BCUT2D eigenvalue weighted by Crippen LogP contribution is -2.46. The fourth-order valence-corrected chi connectivity index (χ4v) is 3.51. The van der Waals surface area contributed by atoms with Gasteiger partial charge in [0.1, 0.15) is 0 Å². The summed E-state index contributed by atoms with van der Waals surface area (Å²) in [4.78, 5) is 18.2. The van der Waals surface area contributed by atoms with Gasteiger partial charge in [-0.1, -0.05) is 11.6 Å². The second kappa shape index (κ2) is 11.7. The number of nitrogens with one attached hydrogen (secondary N) is 2. The van der Waals surface area contributed by atoms with Gasteiger partial charge in [-0.15, -0.1) is 24.0 Å². The Morgan fingerprint density at radius 3 is 2.67 bits per heavy atom. The third-order valence-corrected chi connectivity index (χ3v) is 4.99. The number of guanidine groups is 1. The Morgan fingerprint density at radius 2 is 2.08 bits per heavy atom. The number of carbonyl (C=O) groups excluding carboxylic acids is 1. The van der Waals surface area contributed by atoms with E-state index in [-0.39, 0.29) is 29.9 Å². The molecule has 1 saturated heterocycles. The number of amides is 1. The SMILES string of the molecule is CN=C(NCCC1=CCCCC1)N1CCC(CC(=O)NC)CC1.I. The first-order valence-electron chi connectivity index (χ1n) is 9.07. The van der Waals surface area contributed by atoms with E-state index in [1.807, 2.05) is 7.05 Å². The van der Waals surface area contributed by atoms with Crippen LogP contribution in [-0.2, 0) is 4.79 Å². The fourth-order valence-electron chi connectivity index (χ4n) is 3.51. The number of allylic oxidation sites excluding steroid dienone is 1. The van der Waals surface area contributed by atoms with Crippen molar-refractivity contribution in [1.29, 1.82) is 0 Å². The minimum absolute atomic E-state index is 0. The van der Waals surface area contributed by atoms with Gasteiger partial charge in [0.05, 0.1) is 0 Å². The molecule has 0 bridgehead atoms. The molecule has 6 heteroatoms. The molecule has 1 aliphatic carbocycles. The number of likely N-dealkylation sites (tertiary alicyclic amines) is 1. The number of hydrogen-bond donors (Lipinski definition) is 2. The maximum Gasteiger partial charge on any atom is 0.220 e. The van der Waals surface area contributed by atoms with Crippen molar-refractivity contribution in [1.82, 2.24) is 15.5 Å². The van der Waals surface area contributed by atoms with Crippen molar-refractivity contribution in [2.75, 3.05) is 33.7 Å². The van der Waals surface area contributed by atoms with Gasteiger partial charge in [-0.3, -0.25) is 9.79 Å². The second-order valence-corrected chi connectivity index (χ2v) is 6.64. The molecule has 0 aromatic rings. The zero-order chi connectivity index (χ0) is 16.5. The van der Waals surface area contributed by atoms with E-state index in [9.17, 15) is 4.79 Å². The standard InChI is InChI=1S/C18H32N4O.HI/c1-19-17(23)14-16-9-12-22(13-10-16)18(20-2)21-11-8-15-6-4-3-5-7-15;/h6,16H,3-5,7-14H2,1-2H3,(H,19,23)(H,20,21);1H. The van der Waals surface area contributed by atoms with Crippen LogP contribution >= 0.6 is 24.0 Å². The van der Waals surface area contributed by atoms with Gasteiger partial charge < -0.3 is 15.5 Å². The van der Waals surface area contributed by atoms with Crippen molar-refractivity contribution >= 4 is 35.8 Å². The van der Waals surface area contributed by atoms with Gasteiger partial charge in [-0.25, -0.2) is 0 Å². The monoisotopic (exact) mass is 448 g/mol. The van der Waals surface area contributed by atoms with Crippen LogP contribution in [0, 0.1) is 5.92 Å². The molecule has 2 rings (SSSR count). The first-order chi connectivity index (χ1) is 11.2. The van der Waals surface area contributed by atoms with E-state index in [2.05, 4.69) is 26.6 Å². The van der Waals surface area contributed by atoms with Crippen molar-refractivity contribution in [3.05, 3.63) is 11.6 Å². The summed E-state index contributed by atoms with van der Waals surface area (Å²) >= 11 is 0. The molecule has 0 aromatic carbocycles. The summed E-state index contributed by atoms with van der Waals surface area (Å²) < 4.78 is 0. The number of hydrogen-bond acceptors (Lipinski definition) is 2. The summed E-state index contributed by atoms with van der Waals surface area (Å²) in [5.41, 5.74) is 1.60. The molecule has 1 amide bonds. The molecule has 2 N–H and O–H groups in total.